The van der Waals surface area contributed by atoms with Crippen LogP contribution in [0.5, 0.6) is 0 Å². The van der Waals surface area contributed by atoms with E-state index in [4.69, 9.17) is 14.2 Å². The molecule has 0 N–H and O–H groups in total. The van der Waals surface area contributed by atoms with Crippen molar-refractivity contribution in [1.29, 1.82) is 0 Å². The summed E-state index contributed by atoms with van der Waals surface area (Å²) in [6, 6.07) is 0. The predicted molar refractivity (Wildman–Crippen MR) is 312 cm³/mol. The third kappa shape index (κ3) is 58.0. The van der Waals surface area contributed by atoms with Crippen molar-refractivity contribution in [3.8, 4) is 0 Å². The minimum atomic E-state index is -0.789. The summed E-state index contributed by atoms with van der Waals surface area (Å²) in [6.45, 7) is 6.54. The number of allylic oxidation sites excluding steroid dienone is 10. The molecule has 0 aromatic heterocycles. The van der Waals surface area contributed by atoms with Gasteiger partial charge in [-0.3, -0.25) is 14.4 Å². The van der Waals surface area contributed by atoms with E-state index in [1.165, 1.54) is 186 Å². The zero-order valence-electron chi connectivity index (χ0n) is 47.9. The van der Waals surface area contributed by atoms with Gasteiger partial charge in [-0.1, -0.05) is 300 Å². The Bertz CT molecular complexity index is 1290. The molecule has 0 saturated heterocycles. The number of rotatable bonds is 57. The molecule has 0 rings (SSSR count). The Balaban J connectivity index is 4.31. The van der Waals surface area contributed by atoms with Crippen LogP contribution >= 0.6 is 0 Å². The molecule has 0 heterocycles. The van der Waals surface area contributed by atoms with Crippen molar-refractivity contribution in [2.45, 2.75) is 329 Å². The van der Waals surface area contributed by atoms with Gasteiger partial charge in [0, 0.05) is 19.3 Å². The standard InChI is InChI=1S/C66H118O6/c1-4-7-10-13-16-19-22-25-27-29-31-32-33-34-36-37-39-41-44-47-50-53-56-59-65(68)71-62-63(61-70-64(67)58-55-52-49-46-43-24-21-18-15-12-9-6-3)72-66(69)60-57-54-51-48-45-42-40-38-35-30-28-26-23-20-17-14-11-8-5-2/h8,11,17,20,26,28,35,38,42,45,63H,4-7,9-10,12-16,18-19,21-25,27,29-34,36-37,39-41,43-44,46-62H2,1-3H3/b11-8-,20-17-,28-26-,38-35-,45-42-. The van der Waals surface area contributed by atoms with E-state index in [2.05, 4.69) is 81.5 Å². The Morgan fingerprint density at radius 1 is 0.292 bits per heavy atom. The molecule has 418 valence electrons. The van der Waals surface area contributed by atoms with Crippen LogP contribution in [0.2, 0.25) is 0 Å². The van der Waals surface area contributed by atoms with Crippen LogP contribution in [-0.4, -0.2) is 37.2 Å². The van der Waals surface area contributed by atoms with Crippen molar-refractivity contribution in [2.75, 3.05) is 13.2 Å². The molecule has 0 bridgehead atoms. The Morgan fingerprint density at radius 2 is 0.542 bits per heavy atom. The molecule has 0 aromatic carbocycles. The maximum Gasteiger partial charge on any atom is 0.306 e. The minimum absolute atomic E-state index is 0.0834. The second-order valence-electron chi connectivity index (χ2n) is 21.0. The topological polar surface area (TPSA) is 78.9 Å². The van der Waals surface area contributed by atoms with E-state index in [0.29, 0.717) is 19.3 Å². The molecular formula is C66H118O6. The lowest BCUT2D eigenvalue weighted by Gasteiger charge is -2.18. The highest BCUT2D eigenvalue weighted by atomic mass is 16.6. The lowest BCUT2D eigenvalue weighted by Crippen LogP contribution is -2.30. The number of esters is 3. The summed E-state index contributed by atoms with van der Waals surface area (Å²) >= 11 is 0. The van der Waals surface area contributed by atoms with Gasteiger partial charge < -0.3 is 14.2 Å². The van der Waals surface area contributed by atoms with Gasteiger partial charge in [-0.2, -0.15) is 0 Å². The first-order valence-electron chi connectivity index (χ1n) is 31.3. The van der Waals surface area contributed by atoms with E-state index >= 15 is 0 Å². The lowest BCUT2D eigenvalue weighted by molar-refractivity contribution is -0.167. The summed E-state index contributed by atoms with van der Waals surface area (Å²) in [5, 5.41) is 0. The first-order chi connectivity index (χ1) is 35.5. The fourth-order valence-electron chi connectivity index (χ4n) is 9.12. The Kier molecular flexibility index (Phi) is 58.2. The Morgan fingerprint density at radius 3 is 0.847 bits per heavy atom. The number of ether oxygens (including phenoxy) is 3. The van der Waals surface area contributed by atoms with Gasteiger partial charge in [0.1, 0.15) is 13.2 Å². The number of hydrogen-bond donors (Lipinski definition) is 0. The average Bonchev–Trinajstić information content (AvgIpc) is 3.38. The summed E-state index contributed by atoms with van der Waals surface area (Å²) in [6.07, 6.45) is 76.6. The first-order valence-corrected chi connectivity index (χ1v) is 31.3. The molecule has 0 aromatic rings. The van der Waals surface area contributed by atoms with Crippen LogP contribution in [0.1, 0.15) is 323 Å². The molecule has 72 heavy (non-hydrogen) atoms. The molecule has 1 unspecified atom stereocenters. The van der Waals surface area contributed by atoms with Gasteiger partial charge in [-0.25, -0.2) is 0 Å². The molecule has 6 heteroatoms. The number of unbranched alkanes of at least 4 members (excludes halogenated alkanes) is 36. The van der Waals surface area contributed by atoms with Crippen LogP contribution in [-0.2, 0) is 28.6 Å². The molecule has 1 atom stereocenters. The van der Waals surface area contributed by atoms with Crippen LogP contribution in [0, 0.1) is 0 Å². The van der Waals surface area contributed by atoms with Crippen LogP contribution in [0.3, 0.4) is 0 Å². The third-order valence-corrected chi connectivity index (χ3v) is 13.8. The molecule has 0 spiro atoms. The zero-order chi connectivity index (χ0) is 52.2. The highest BCUT2D eigenvalue weighted by Gasteiger charge is 2.19. The van der Waals surface area contributed by atoms with Gasteiger partial charge in [-0.05, 0) is 64.2 Å². The van der Waals surface area contributed by atoms with Crippen LogP contribution in [0.4, 0.5) is 0 Å². The van der Waals surface area contributed by atoms with E-state index in [9.17, 15) is 14.4 Å². The minimum Gasteiger partial charge on any atom is -0.462 e. The largest absolute Gasteiger partial charge is 0.462 e. The fraction of sp³-hybridized carbons (Fsp3) is 0.803. The summed E-state index contributed by atoms with van der Waals surface area (Å²) in [4.78, 5) is 38.2. The predicted octanol–water partition coefficient (Wildman–Crippen LogP) is 21.2. The normalized spacial score (nSPS) is 12.4. The van der Waals surface area contributed by atoms with Gasteiger partial charge in [0.05, 0.1) is 0 Å². The molecule has 0 radical (unpaired) electrons. The number of hydrogen-bond acceptors (Lipinski definition) is 6. The monoisotopic (exact) mass is 1010 g/mol. The lowest BCUT2D eigenvalue weighted by atomic mass is 10.0. The molecule has 0 amide bonds. The van der Waals surface area contributed by atoms with Gasteiger partial charge in [0.25, 0.3) is 0 Å². The summed E-state index contributed by atoms with van der Waals surface area (Å²) in [7, 11) is 0. The van der Waals surface area contributed by atoms with Crippen molar-refractivity contribution < 1.29 is 28.6 Å². The maximum absolute atomic E-state index is 12.9. The summed E-state index contributed by atoms with van der Waals surface area (Å²) in [5.41, 5.74) is 0. The van der Waals surface area contributed by atoms with E-state index in [0.717, 1.165) is 96.3 Å². The second kappa shape index (κ2) is 60.7. The molecule has 0 saturated carbocycles. The van der Waals surface area contributed by atoms with Gasteiger partial charge in [0.2, 0.25) is 0 Å². The Hall–Kier alpha value is -2.89. The molecule has 0 aliphatic rings. The maximum atomic E-state index is 12.9. The van der Waals surface area contributed by atoms with E-state index in [1.54, 1.807) is 0 Å². The quantitative estimate of drug-likeness (QED) is 0.0261. The van der Waals surface area contributed by atoms with E-state index in [1.807, 2.05) is 0 Å². The fourth-order valence-corrected chi connectivity index (χ4v) is 9.12. The SMILES string of the molecule is CC/C=C\C/C=C\C/C=C\C/C=C\C/C=C\CCCCCC(=O)OC(COC(=O)CCCCCCCCCCCCCC)COC(=O)CCCCCCCCCCCCCCCCCCCCCCCCC. The summed E-state index contributed by atoms with van der Waals surface area (Å²) in [5.74, 6) is -0.898. The average molecular weight is 1010 g/mol. The van der Waals surface area contributed by atoms with Gasteiger partial charge >= 0.3 is 17.9 Å². The second-order valence-corrected chi connectivity index (χ2v) is 21.0. The van der Waals surface area contributed by atoms with Crippen LogP contribution < -0.4 is 0 Å². The highest BCUT2D eigenvalue weighted by molar-refractivity contribution is 5.71. The van der Waals surface area contributed by atoms with E-state index < -0.39 is 6.10 Å². The smallest absolute Gasteiger partial charge is 0.306 e. The van der Waals surface area contributed by atoms with Crippen LogP contribution in [0.15, 0.2) is 60.8 Å². The van der Waals surface area contributed by atoms with Crippen molar-refractivity contribution in [3.05, 3.63) is 60.8 Å². The number of carbonyl (C=O) groups is 3. The van der Waals surface area contributed by atoms with E-state index in [-0.39, 0.29) is 31.1 Å². The van der Waals surface area contributed by atoms with Crippen molar-refractivity contribution >= 4 is 17.9 Å². The first kappa shape index (κ1) is 69.1. The third-order valence-electron chi connectivity index (χ3n) is 13.8. The molecule has 0 aliphatic carbocycles. The number of carbonyl (C=O) groups excluding carboxylic acids is 3. The summed E-state index contributed by atoms with van der Waals surface area (Å²) < 4.78 is 16.9. The van der Waals surface area contributed by atoms with Crippen molar-refractivity contribution in [3.63, 3.8) is 0 Å². The Labute approximate surface area is 447 Å². The van der Waals surface area contributed by atoms with Crippen molar-refractivity contribution in [2.24, 2.45) is 0 Å². The molecule has 6 nitrogen and oxygen atoms in total. The zero-order valence-corrected chi connectivity index (χ0v) is 47.9. The van der Waals surface area contributed by atoms with Crippen LogP contribution in [0.25, 0.3) is 0 Å². The van der Waals surface area contributed by atoms with Crippen molar-refractivity contribution in [1.82, 2.24) is 0 Å². The van der Waals surface area contributed by atoms with Gasteiger partial charge in [0.15, 0.2) is 6.10 Å². The molecular weight excluding hydrogens is 889 g/mol. The van der Waals surface area contributed by atoms with Gasteiger partial charge in [-0.15, -0.1) is 0 Å². The molecule has 0 fully saturated rings. The molecule has 0 aliphatic heterocycles. The highest BCUT2D eigenvalue weighted by Crippen LogP contribution is 2.17.